The third kappa shape index (κ3) is 6.53. The van der Waals surface area contributed by atoms with Gasteiger partial charge < -0.3 is 14.3 Å². The fourth-order valence-electron chi connectivity index (χ4n) is 4.20. The molecule has 14 nitrogen and oxygen atoms in total. The number of hydrogen-bond donors (Lipinski definition) is 1. The van der Waals surface area contributed by atoms with Gasteiger partial charge in [0.05, 0.1) is 27.8 Å². The molecular weight excluding hydrogens is 613 g/mol. The summed E-state index contributed by atoms with van der Waals surface area (Å²) >= 11 is 0. The Bertz CT molecular complexity index is 1740. The number of sulfonamides is 1. The van der Waals surface area contributed by atoms with E-state index in [-0.39, 0.29) is 22.9 Å². The highest BCUT2D eigenvalue weighted by molar-refractivity contribution is 7.90. The lowest BCUT2D eigenvalue weighted by Gasteiger charge is -2.35. The maximum Gasteiger partial charge on any atom is 0.511 e. The van der Waals surface area contributed by atoms with Crippen molar-refractivity contribution in [3.05, 3.63) is 65.9 Å². The molecule has 3 heterocycles. The SMILES string of the molecule is CCOC(=O)OC(C)On1on1N1CC[C@H]1C(=O)NS(=O)(=O)c1ccc(-n2nc(C(F)(F)F)cc2-c2ccc(C)cc2)cc1. The van der Waals surface area contributed by atoms with Crippen LogP contribution in [0.2, 0.25) is 0 Å². The first-order chi connectivity index (χ1) is 20.8. The number of benzene rings is 2. The summed E-state index contributed by atoms with van der Waals surface area (Å²) in [7, 11) is -4.36. The number of rotatable bonds is 10. The Morgan fingerprint density at radius 3 is 2.41 bits per heavy atom. The molecule has 2 atom stereocenters. The molecule has 18 heteroatoms. The molecule has 4 aromatic rings. The molecule has 0 radical (unpaired) electrons. The van der Waals surface area contributed by atoms with Crippen molar-refractivity contribution in [2.24, 2.45) is 0 Å². The lowest BCUT2D eigenvalue weighted by Crippen LogP contribution is -2.61. The average Bonchev–Trinajstić information content (AvgIpc) is 3.47. The number of nitrogens with one attached hydrogen (secondary N) is 1. The van der Waals surface area contributed by atoms with Gasteiger partial charge in [-0.25, -0.2) is 27.6 Å². The van der Waals surface area contributed by atoms with Gasteiger partial charge in [0.25, 0.3) is 22.2 Å². The van der Waals surface area contributed by atoms with Gasteiger partial charge in [0.1, 0.15) is 11.1 Å². The minimum absolute atomic E-state index is 0.109. The molecule has 1 N–H and O–H groups in total. The van der Waals surface area contributed by atoms with Crippen LogP contribution < -0.4 is 14.6 Å². The summed E-state index contributed by atoms with van der Waals surface area (Å²) in [6.45, 7) is 5.28. The van der Waals surface area contributed by atoms with Crippen molar-refractivity contribution in [2.45, 2.75) is 50.6 Å². The van der Waals surface area contributed by atoms with Crippen LogP contribution in [0.3, 0.4) is 0 Å². The molecular formula is C26H27F3N6O8S. The van der Waals surface area contributed by atoms with E-state index in [1.807, 2.05) is 11.6 Å². The van der Waals surface area contributed by atoms with Crippen molar-refractivity contribution >= 4 is 22.1 Å². The smallest absolute Gasteiger partial charge is 0.435 e. The van der Waals surface area contributed by atoms with E-state index in [0.29, 0.717) is 18.5 Å². The van der Waals surface area contributed by atoms with E-state index in [1.165, 1.54) is 24.1 Å². The number of aromatic nitrogens is 4. The first-order valence-corrected chi connectivity index (χ1v) is 14.7. The average molecular weight is 641 g/mol. The molecule has 5 rings (SSSR count). The van der Waals surface area contributed by atoms with Crippen LogP contribution in [0.25, 0.3) is 16.9 Å². The van der Waals surface area contributed by atoms with Gasteiger partial charge in [0, 0.05) is 19.0 Å². The number of amides is 1. The van der Waals surface area contributed by atoms with Crippen molar-refractivity contribution < 1.29 is 50.1 Å². The van der Waals surface area contributed by atoms with Crippen LogP contribution in [0.4, 0.5) is 18.0 Å². The maximum atomic E-state index is 13.5. The number of nitrogens with zero attached hydrogens (tertiary/aromatic N) is 5. The zero-order valence-electron chi connectivity index (χ0n) is 23.5. The van der Waals surface area contributed by atoms with E-state index in [2.05, 4.69) is 9.84 Å². The molecule has 2 aromatic carbocycles. The first kappa shape index (κ1) is 30.6. The zero-order valence-corrected chi connectivity index (χ0v) is 24.3. The van der Waals surface area contributed by atoms with Gasteiger partial charge in [-0.05, 0) is 50.6 Å². The molecule has 1 amide bonds. The molecule has 1 aliphatic heterocycles. The number of hydrogen-bond acceptors (Lipinski definition) is 10. The van der Waals surface area contributed by atoms with Crippen LogP contribution in [0.1, 0.15) is 31.5 Å². The van der Waals surface area contributed by atoms with Crippen LogP contribution >= 0.6 is 0 Å². The predicted octanol–water partition coefficient (Wildman–Crippen LogP) is 3.23. The molecule has 1 saturated heterocycles. The molecule has 236 valence electrons. The highest BCUT2D eigenvalue weighted by atomic mass is 32.2. The van der Waals surface area contributed by atoms with Gasteiger partial charge in [-0.15, -0.1) is 0 Å². The van der Waals surface area contributed by atoms with Gasteiger partial charge in [-0.3, -0.25) is 4.79 Å². The van der Waals surface area contributed by atoms with Crippen LogP contribution in [-0.2, 0) is 30.5 Å². The molecule has 0 bridgehead atoms. The minimum Gasteiger partial charge on any atom is -0.435 e. The number of carbonyl (C=O) groups excluding carboxylic acids is 2. The molecule has 0 saturated carbocycles. The largest absolute Gasteiger partial charge is 0.511 e. The van der Waals surface area contributed by atoms with Gasteiger partial charge in [-0.1, -0.05) is 29.8 Å². The van der Waals surface area contributed by atoms with E-state index in [9.17, 15) is 31.2 Å². The lowest BCUT2D eigenvalue weighted by atomic mass is 10.1. The third-order valence-electron chi connectivity index (χ3n) is 6.51. The van der Waals surface area contributed by atoms with Crippen molar-refractivity contribution in [3.8, 4) is 16.9 Å². The molecule has 1 unspecified atom stereocenters. The van der Waals surface area contributed by atoms with Crippen molar-refractivity contribution in [3.63, 3.8) is 0 Å². The minimum atomic E-state index is -4.70. The highest BCUT2D eigenvalue weighted by Gasteiger charge is 2.42. The second kappa shape index (κ2) is 11.7. The van der Waals surface area contributed by atoms with E-state index >= 15 is 0 Å². The van der Waals surface area contributed by atoms with Crippen LogP contribution in [0.15, 0.2) is 64.1 Å². The lowest BCUT2D eigenvalue weighted by molar-refractivity contribution is -0.141. The van der Waals surface area contributed by atoms with Crippen molar-refractivity contribution in [1.82, 2.24) is 24.5 Å². The molecule has 0 aliphatic carbocycles. The van der Waals surface area contributed by atoms with Gasteiger partial charge in [0.15, 0.2) is 5.69 Å². The quantitative estimate of drug-likeness (QED) is 0.202. The number of carbonyl (C=O) groups is 2. The fourth-order valence-corrected chi connectivity index (χ4v) is 5.21. The number of halogens is 3. The Hall–Kier alpha value is -4.87. The summed E-state index contributed by atoms with van der Waals surface area (Å²) < 4.78 is 84.1. The van der Waals surface area contributed by atoms with Crippen LogP contribution in [0, 0.1) is 6.92 Å². The van der Waals surface area contributed by atoms with E-state index < -0.39 is 46.3 Å². The van der Waals surface area contributed by atoms with Crippen molar-refractivity contribution in [1.29, 1.82) is 0 Å². The first-order valence-electron chi connectivity index (χ1n) is 13.2. The van der Waals surface area contributed by atoms with Gasteiger partial charge in [0.2, 0.25) is 0 Å². The number of ether oxygens (including phenoxy) is 2. The monoisotopic (exact) mass is 640 g/mol. The standard InChI is InChI=1S/C26H27F3N6O8S/c1-4-40-25(37)41-17(3)42-35-34(43-35)32-14-13-21(32)24(36)31-44(38,39)20-11-9-19(10-12-20)33-22(15-23(30-33)26(27,28)29)18-7-5-16(2)6-8-18/h5-12,15,17,21H,4,13-14H2,1-3H3,(H,31,36)/t17?,21-,34?,35?/m0/s1. The Labute approximate surface area is 248 Å². The van der Waals surface area contributed by atoms with Gasteiger partial charge in [-0.2, -0.15) is 22.9 Å². The summed E-state index contributed by atoms with van der Waals surface area (Å²) in [5.74, 6) is -0.852. The Morgan fingerprint density at radius 1 is 1.14 bits per heavy atom. The summed E-state index contributed by atoms with van der Waals surface area (Å²) in [6, 6.07) is 11.7. The Balaban J connectivity index is 1.26. The molecule has 44 heavy (non-hydrogen) atoms. The fraction of sp³-hybridized carbons (Fsp3) is 0.346. The summed E-state index contributed by atoms with van der Waals surface area (Å²) in [5, 5.41) is 5.92. The molecule has 1 fully saturated rings. The summed E-state index contributed by atoms with van der Waals surface area (Å²) in [5.41, 5.74) is 0.616. The maximum absolute atomic E-state index is 13.5. The van der Waals surface area contributed by atoms with E-state index in [0.717, 1.165) is 38.4 Å². The predicted molar refractivity (Wildman–Crippen MR) is 144 cm³/mol. The second-order valence-corrected chi connectivity index (χ2v) is 11.4. The topological polar surface area (TPSA) is 152 Å². The molecule has 0 spiro atoms. The van der Waals surface area contributed by atoms with Crippen LogP contribution in [0.5, 0.6) is 0 Å². The van der Waals surface area contributed by atoms with Gasteiger partial charge >= 0.3 is 12.3 Å². The summed E-state index contributed by atoms with van der Waals surface area (Å²) in [4.78, 5) is 30.2. The number of aryl methyl sites for hydroxylation is 1. The Morgan fingerprint density at radius 2 is 1.82 bits per heavy atom. The highest BCUT2D eigenvalue weighted by Crippen LogP contribution is 2.33. The zero-order chi connectivity index (χ0) is 31.8. The second-order valence-electron chi connectivity index (χ2n) is 9.67. The van der Waals surface area contributed by atoms with Crippen LogP contribution in [-0.4, -0.2) is 65.7 Å². The normalized spacial score (nSPS) is 15.9. The van der Waals surface area contributed by atoms with E-state index in [4.69, 9.17) is 14.2 Å². The molecule has 1 aliphatic rings. The number of alkyl halides is 3. The third-order valence-corrected chi connectivity index (χ3v) is 7.87. The Kier molecular flexibility index (Phi) is 8.11. The molecule has 2 aromatic heterocycles. The van der Waals surface area contributed by atoms with Crippen molar-refractivity contribution in [2.75, 3.05) is 18.2 Å². The summed E-state index contributed by atoms with van der Waals surface area (Å²) in [6.07, 6.45) is -6.44. The van der Waals surface area contributed by atoms with E-state index in [1.54, 1.807) is 31.2 Å².